The van der Waals surface area contributed by atoms with Crippen LogP contribution in [0.3, 0.4) is 0 Å². The van der Waals surface area contributed by atoms with Crippen molar-refractivity contribution in [2.24, 2.45) is 0 Å². The summed E-state index contributed by atoms with van der Waals surface area (Å²) in [5.41, 5.74) is 3.27. The number of fused-ring (bicyclic) bond motifs is 5. The Balaban J connectivity index is 1.13. The van der Waals surface area contributed by atoms with Crippen LogP contribution in [0.1, 0.15) is 46.0 Å². The average Bonchev–Trinajstić information content (AvgIpc) is 3.48. The highest BCUT2D eigenvalue weighted by molar-refractivity contribution is 5.93. The predicted octanol–water partition coefficient (Wildman–Crippen LogP) is 2.04. The molecule has 0 saturated carbocycles. The molecule has 0 bridgehead atoms. The van der Waals surface area contributed by atoms with Gasteiger partial charge >= 0.3 is 12.1 Å². The Labute approximate surface area is 273 Å². The lowest BCUT2D eigenvalue weighted by molar-refractivity contribution is -0.172. The van der Waals surface area contributed by atoms with Gasteiger partial charge in [-0.15, -0.1) is 6.58 Å². The van der Waals surface area contributed by atoms with Crippen molar-refractivity contribution in [1.29, 1.82) is 0 Å². The van der Waals surface area contributed by atoms with Crippen LogP contribution in [0, 0.1) is 0 Å². The van der Waals surface area contributed by atoms with Gasteiger partial charge in [0.15, 0.2) is 5.60 Å². The molecular weight excluding hydrogens is 622 g/mol. The van der Waals surface area contributed by atoms with Crippen LogP contribution < -0.4 is 20.7 Å². The number of esters is 1. The maximum absolute atomic E-state index is 13.6. The lowest BCUT2D eigenvalue weighted by Gasteiger charge is -2.34. The molecule has 3 aromatic heterocycles. The number of carbonyl (C=O) groups excluding carboxylic acids is 3. The van der Waals surface area contributed by atoms with Crippen LogP contribution in [0.5, 0.6) is 5.75 Å². The highest BCUT2D eigenvalue weighted by Gasteiger charge is 2.45. The Kier molecular flexibility index (Phi) is 7.64. The monoisotopic (exact) mass is 653 g/mol. The average molecular weight is 654 g/mol. The molecule has 15 nitrogen and oxygen atoms in total. The molecule has 7 rings (SSSR count). The number of amides is 2. The van der Waals surface area contributed by atoms with Crippen molar-refractivity contribution in [3.63, 3.8) is 0 Å². The van der Waals surface area contributed by atoms with E-state index < -0.39 is 23.6 Å². The van der Waals surface area contributed by atoms with E-state index >= 15 is 0 Å². The number of hydroxylamine groups is 1. The zero-order chi connectivity index (χ0) is 33.7. The summed E-state index contributed by atoms with van der Waals surface area (Å²) in [6.07, 6.45) is 4.37. The summed E-state index contributed by atoms with van der Waals surface area (Å²) in [6.45, 7) is 7.19. The third kappa shape index (κ3) is 4.94. The molecule has 6 heterocycles. The topological polar surface area (TPSA) is 189 Å². The summed E-state index contributed by atoms with van der Waals surface area (Å²) in [7, 11) is 0. The molecular formula is C33H31N7O8. The van der Waals surface area contributed by atoms with E-state index in [9.17, 15) is 24.3 Å². The Hall–Kier alpha value is -5.67. The normalized spacial score (nSPS) is 18.1. The fourth-order valence-corrected chi connectivity index (χ4v) is 6.50. The third-order valence-corrected chi connectivity index (χ3v) is 9.15. The first kappa shape index (κ1) is 31.0. The second-order valence-corrected chi connectivity index (χ2v) is 11.7. The number of aliphatic hydroxyl groups is 1. The van der Waals surface area contributed by atoms with E-state index in [1.54, 1.807) is 46.7 Å². The minimum absolute atomic E-state index is 0.0498. The Morgan fingerprint density at radius 2 is 1.88 bits per heavy atom. The van der Waals surface area contributed by atoms with E-state index in [4.69, 9.17) is 19.7 Å². The molecule has 1 aromatic carbocycles. The predicted molar refractivity (Wildman–Crippen MR) is 170 cm³/mol. The molecule has 1 saturated heterocycles. The van der Waals surface area contributed by atoms with Gasteiger partial charge in [-0.1, -0.05) is 13.0 Å². The first-order valence-corrected chi connectivity index (χ1v) is 15.4. The van der Waals surface area contributed by atoms with E-state index in [0.29, 0.717) is 61.2 Å². The fourth-order valence-electron chi connectivity index (χ4n) is 6.50. The van der Waals surface area contributed by atoms with E-state index in [1.165, 1.54) is 17.9 Å². The summed E-state index contributed by atoms with van der Waals surface area (Å²) in [4.78, 5) is 67.6. The van der Waals surface area contributed by atoms with Gasteiger partial charge in [-0.05, 0) is 42.7 Å². The van der Waals surface area contributed by atoms with Gasteiger partial charge in [0.05, 0.1) is 34.6 Å². The number of ether oxygens (including phenoxy) is 2. The van der Waals surface area contributed by atoms with Crippen molar-refractivity contribution in [3.8, 4) is 17.1 Å². The van der Waals surface area contributed by atoms with Crippen molar-refractivity contribution in [3.05, 3.63) is 87.5 Å². The standard InChI is InChI=1S/C33H31N7O8/c1-3-5-20-21-12-19(48-32(44)39-10-8-38(9-11-39)31-34-14-18(15-35-31)28(41)37-46)6-7-25(21)36-27-22(20)16-40-26(27)13-24-23(29(40)42)17-47-30(43)33(24,45)4-2/h3,6-7,12-15,45-46H,1,4-5,8-11,16-17H2,2H3,(H,37,41)/t33-/m0/s1. The van der Waals surface area contributed by atoms with Crippen molar-refractivity contribution >= 4 is 34.8 Å². The van der Waals surface area contributed by atoms with E-state index in [-0.39, 0.29) is 41.8 Å². The zero-order valence-electron chi connectivity index (χ0n) is 25.9. The van der Waals surface area contributed by atoms with Crippen LogP contribution in [0.25, 0.3) is 22.3 Å². The summed E-state index contributed by atoms with van der Waals surface area (Å²) in [5, 5.41) is 20.7. The Morgan fingerprint density at radius 1 is 1.12 bits per heavy atom. The summed E-state index contributed by atoms with van der Waals surface area (Å²) in [6, 6.07) is 6.84. The van der Waals surface area contributed by atoms with E-state index in [1.807, 2.05) is 4.90 Å². The molecule has 48 heavy (non-hydrogen) atoms. The summed E-state index contributed by atoms with van der Waals surface area (Å²) in [5.74, 6) is -0.763. The number of rotatable bonds is 6. The molecule has 2 amide bonds. The minimum atomic E-state index is -1.92. The molecule has 1 atom stereocenters. The molecule has 4 aromatic rings. The largest absolute Gasteiger partial charge is 0.458 e. The number of cyclic esters (lactones) is 1. The van der Waals surface area contributed by atoms with Crippen molar-refractivity contribution in [2.45, 2.75) is 38.5 Å². The minimum Gasteiger partial charge on any atom is -0.458 e. The number of piperazine rings is 1. The van der Waals surface area contributed by atoms with Crippen molar-refractivity contribution in [1.82, 2.24) is 29.9 Å². The molecule has 246 valence electrons. The van der Waals surface area contributed by atoms with Crippen molar-refractivity contribution in [2.75, 3.05) is 31.1 Å². The number of aromatic nitrogens is 4. The number of hydrogen-bond acceptors (Lipinski definition) is 12. The number of carbonyl (C=O) groups is 3. The van der Waals surface area contributed by atoms with Crippen LogP contribution in [0.4, 0.5) is 10.7 Å². The highest BCUT2D eigenvalue weighted by atomic mass is 16.6. The zero-order valence-corrected chi connectivity index (χ0v) is 25.9. The van der Waals surface area contributed by atoms with Gasteiger partial charge in [0.25, 0.3) is 11.5 Å². The first-order chi connectivity index (χ1) is 23.2. The smallest absolute Gasteiger partial charge is 0.415 e. The number of pyridine rings is 2. The summed E-state index contributed by atoms with van der Waals surface area (Å²) < 4.78 is 12.6. The lowest BCUT2D eigenvalue weighted by Crippen LogP contribution is -2.50. The van der Waals surface area contributed by atoms with Gasteiger partial charge in [-0.25, -0.2) is 30.0 Å². The van der Waals surface area contributed by atoms with Gasteiger partial charge in [-0.3, -0.25) is 14.8 Å². The van der Waals surface area contributed by atoms with Crippen molar-refractivity contribution < 1.29 is 34.2 Å². The van der Waals surface area contributed by atoms with E-state index in [0.717, 1.165) is 16.5 Å². The summed E-state index contributed by atoms with van der Waals surface area (Å²) >= 11 is 0. The third-order valence-electron chi connectivity index (χ3n) is 9.15. The Morgan fingerprint density at radius 3 is 2.56 bits per heavy atom. The quantitative estimate of drug-likeness (QED) is 0.105. The Bertz CT molecular complexity index is 2070. The van der Waals surface area contributed by atoms with Gasteiger partial charge in [0.2, 0.25) is 5.95 Å². The molecule has 1 fully saturated rings. The second kappa shape index (κ2) is 11.8. The number of anilines is 1. The van der Waals surface area contributed by atoms with E-state index in [2.05, 4.69) is 16.5 Å². The number of nitrogens with zero attached hydrogens (tertiary/aromatic N) is 6. The molecule has 15 heteroatoms. The lowest BCUT2D eigenvalue weighted by atomic mass is 9.86. The second-order valence-electron chi connectivity index (χ2n) is 11.7. The van der Waals surface area contributed by atoms with Gasteiger partial charge in [0.1, 0.15) is 12.4 Å². The molecule has 0 unspecified atom stereocenters. The maximum Gasteiger partial charge on any atom is 0.415 e. The maximum atomic E-state index is 13.6. The SMILES string of the molecule is C=CCc1c2c(nc3ccc(OC(=O)N4CCN(c5ncc(C(=O)NO)cn5)CC4)cc13)-c1cc3c(c(=O)n1C2)COC(=O)[C@]3(O)CC. The van der Waals surface area contributed by atoms with Crippen LogP contribution in [-0.4, -0.2) is 78.9 Å². The van der Waals surface area contributed by atoms with Crippen LogP contribution in [0.15, 0.2) is 54.1 Å². The van der Waals surface area contributed by atoms with Gasteiger partial charge in [0, 0.05) is 55.1 Å². The fraction of sp³-hybridized carbons (Fsp3) is 0.303. The molecule has 3 N–H and O–H groups in total. The number of nitrogens with one attached hydrogen (secondary N) is 1. The van der Waals surface area contributed by atoms with Gasteiger partial charge < -0.3 is 28.9 Å². The van der Waals surface area contributed by atoms with Crippen LogP contribution >= 0.6 is 0 Å². The van der Waals surface area contributed by atoms with Crippen LogP contribution in [0.2, 0.25) is 0 Å². The molecule has 0 aliphatic carbocycles. The molecule has 3 aliphatic rings. The van der Waals surface area contributed by atoms with Gasteiger partial charge in [-0.2, -0.15) is 0 Å². The molecule has 0 spiro atoms. The van der Waals surface area contributed by atoms with Crippen LogP contribution in [-0.2, 0) is 34.7 Å². The molecule has 3 aliphatic heterocycles. The number of allylic oxidation sites excluding steroid dienone is 1. The first-order valence-electron chi connectivity index (χ1n) is 15.4. The number of hydrogen-bond donors (Lipinski definition) is 3. The number of benzene rings is 1. The highest BCUT2D eigenvalue weighted by Crippen LogP contribution is 2.41. The molecule has 0 radical (unpaired) electrons.